The van der Waals surface area contributed by atoms with Gasteiger partial charge >= 0.3 is 0 Å². The lowest BCUT2D eigenvalue weighted by Crippen LogP contribution is -2.13. The van der Waals surface area contributed by atoms with Crippen molar-refractivity contribution in [1.29, 1.82) is 0 Å². The van der Waals surface area contributed by atoms with E-state index in [0.29, 0.717) is 16.8 Å². The number of carbonyl (C=O) groups is 1. The lowest BCUT2D eigenvalue weighted by Gasteiger charge is -2.28. The maximum absolute atomic E-state index is 15.5. The van der Waals surface area contributed by atoms with Crippen molar-refractivity contribution in [3.63, 3.8) is 0 Å². The van der Waals surface area contributed by atoms with Gasteiger partial charge in [0.1, 0.15) is 12.4 Å². The SMILES string of the molecule is NC(=O)c1cccc(COc2c(C3CCC3)ccc(-c3cnc(N)cn3)c2F)c1. The molecular weight excluding hydrogens is 371 g/mol. The second kappa shape index (κ2) is 7.87. The molecule has 29 heavy (non-hydrogen) atoms. The molecule has 1 aliphatic rings. The van der Waals surface area contributed by atoms with Crippen LogP contribution in [0.15, 0.2) is 48.8 Å². The van der Waals surface area contributed by atoms with Crippen LogP contribution in [-0.4, -0.2) is 15.9 Å². The topological polar surface area (TPSA) is 104 Å². The highest BCUT2D eigenvalue weighted by Gasteiger charge is 2.27. The van der Waals surface area contributed by atoms with Crippen LogP contribution in [0.1, 0.15) is 46.7 Å². The standard InChI is InChI=1S/C22H21FN4O2/c23-20-17(18-10-27-19(24)11-26-18)8-7-16(14-4-2-5-14)21(20)29-12-13-3-1-6-15(9-13)22(25)28/h1,3,6-11,14H,2,4-5,12H2,(H2,24,27)(H2,25,28). The van der Waals surface area contributed by atoms with Crippen LogP contribution in [0.5, 0.6) is 5.75 Å². The van der Waals surface area contributed by atoms with Crippen molar-refractivity contribution in [2.45, 2.75) is 31.8 Å². The number of carbonyl (C=O) groups excluding carboxylic acids is 1. The molecule has 7 heteroatoms. The Kier molecular flexibility index (Phi) is 5.12. The van der Waals surface area contributed by atoms with E-state index in [1.807, 2.05) is 12.1 Å². The van der Waals surface area contributed by atoms with Gasteiger partial charge in [0.2, 0.25) is 5.91 Å². The third-order valence-electron chi connectivity index (χ3n) is 5.22. The zero-order chi connectivity index (χ0) is 20.4. The van der Waals surface area contributed by atoms with Gasteiger partial charge in [-0.1, -0.05) is 24.6 Å². The summed E-state index contributed by atoms with van der Waals surface area (Å²) in [5, 5.41) is 0. The van der Waals surface area contributed by atoms with E-state index in [4.69, 9.17) is 16.2 Å². The molecule has 1 amide bonds. The van der Waals surface area contributed by atoms with Gasteiger partial charge in [-0.15, -0.1) is 0 Å². The zero-order valence-corrected chi connectivity index (χ0v) is 15.8. The van der Waals surface area contributed by atoms with Gasteiger partial charge in [0.15, 0.2) is 11.6 Å². The van der Waals surface area contributed by atoms with Crippen LogP contribution in [0.4, 0.5) is 10.2 Å². The zero-order valence-electron chi connectivity index (χ0n) is 15.8. The molecule has 0 bridgehead atoms. The lowest BCUT2D eigenvalue weighted by atomic mass is 9.79. The molecule has 1 saturated carbocycles. The van der Waals surface area contributed by atoms with Gasteiger partial charge in [0, 0.05) is 16.7 Å². The Balaban J connectivity index is 1.68. The van der Waals surface area contributed by atoms with Crippen LogP contribution in [0, 0.1) is 5.82 Å². The predicted molar refractivity (Wildman–Crippen MR) is 108 cm³/mol. The molecule has 0 saturated heterocycles. The van der Waals surface area contributed by atoms with E-state index in [-0.39, 0.29) is 24.1 Å². The van der Waals surface area contributed by atoms with Crippen molar-refractivity contribution >= 4 is 11.7 Å². The summed E-state index contributed by atoms with van der Waals surface area (Å²) in [5.74, 6) is -0.221. The van der Waals surface area contributed by atoms with E-state index >= 15 is 4.39 Å². The molecule has 6 nitrogen and oxygen atoms in total. The number of nitrogens with two attached hydrogens (primary N) is 2. The Morgan fingerprint density at radius 3 is 2.66 bits per heavy atom. The van der Waals surface area contributed by atoms with Gasteiger partial charge in [-0.2, -0.15) is 0 Å². The number of halogens is 1. The quantitative estimate of drug-likeness (QED) is 0.664. The number of rotatable bonds is 6. The van der Waals surface area contributed by atoms with Crippen molar-refractivity contribution in [2.24, 2.45) is 5.73 Å². The lowest BCUT2D eigenvalue weighted by molar-refractivity contribution is 0.1000. The van der Waals surface area contributed by atoms with Gasteiger partial charge in [-0.3, -0.25) is 9.78 Å². The summed E-state index contributed by atoms with van der Waals surface area (Å²) in [6, 6.07) is 10.4. The molecule has 4 N–H and O–H groups in total. The number of primary amides is 1. The number of hydrogen-bond donors (Lipinski definition) is 2. The van der Waals surface area contributed by atoms with Crippen molar-refractivity contribution < 1.29 is 13.9 Å². The number of anilines is 1. The van der Waals surface area contributed by atoms with Crippen molar-refractivity contribution in [3.05, 3.63) is 71.3 Å². The highest BCUT2D eigenvalue weighted by molar-refractivity contribution is 5.92. The van der Waals surface area contributed by atoms with E-state index in [2.05, 4.69) is 9.97 Å². The smallest absolute Gasteiger partial charge is 0.248 e. The average Bonchev–Trinajstić information content (AvgIpc) is 2.67. The summed E-state index contributed by atoms with van der Waals surface area (Å²) in [5.41, 5.74) is 13.6. The summed E-state index contributed by atoms with van der Waals surface area (Å²) in [6.45, 7) is 0.120. The number of hydrogen-bond acceptors (Lipinski definition) is 5. The van der Waals surface area contributed by atoms with Crippen molar-refractivity contribution in [1.82, 2.24) is 9.97 Å². The summed E-state index contributed by atoms with van der Waals surface area (Å²) < 4.78 is 21.4. The monoisotopic (exact) mass is 392 g/mol. The van der Waals surface area contributed by atoms with E-state index < -0.39 is 11.7 Å². The average molecular weight is 392 g/mol. The third-order valence-corrected chi connectivity index (χ3v) is 5.22. The molecular formula is C22H21FN4O2. The second-order valence-electron chi connectivity index (χ2n) is 7.15. The fourth-order valence-electron chi connectivity index (χ4n) is 3.40. The molecule has 1 fully saturated rings. The molecule has 1 aliphatic carbocycles. The normalized spacial score (nSPS) is 13.7. The number of nitrogens with zero attached hydrogens (tertiary/aromatic N) is 2. The molecule has 0 spiro atoms. The highest BCUT2D eigenvalue weighted by Crippen LogP contribution is 2.44. The summed E-state index contributed by atoms with van der Waals surface area (Å²) in [4.78, 5) is 19.6. The molecule has 0 unspecified atom stereocenters. The molecule has 3 aromatic rings. The van der Waals surface area contributed by atoms with Gasteiger partial charge in [-0.25, -0.2) is 9.37 Å². The van der Waals surface area contributed by atoms with Gasteiger partial charge in [0.25, 0.3) is 0 Å². The van der Waals surface area contributed by atoms with E-state index in [0.717, 1.165) is 30.4 Å². The second-order valence-corrected chi connectivity index (χ2v) is 7.15. The van der Waals surface area contributed by atoms with Crippen LogP contribution in [0.25, 0.3) is 11.3 Å². The summed E-state index contributed by atoms with van der Waals surface area (Å²) in [7, 11) is 0. The van der Waals surface area contributed by atoms with Crippen LogP contribution < -0.4 is 16.2 Å². The van der Waals surface area contributed by atoms with Crippen molar-refractivity contribution in [3.8, 4) is 17.0 Å². The molecule has 148 valence electrons. The molecule has 0 radical (unpaired) electrons. The van der Waals surface area contributed by atoms with E-state index in [1.54, 1.807) is 24.3 Å². The van der Waals surface area contributed by atoms with Gasteiger partial charge in [-0.05, 0) is 42.5 Å². The molecule has 0 aliphatic heterocycles. The minimum Gasteiger partial charge on any atom is -0.486 e. The Bertz CT molecular complexity index is 1050. The Morgan fingerprint density at radius 1 is 1.17 bits per heavy atom. The highest BCUT2D eigenvalue weighted by atomic mass is 19.1. The number of benzene rings is 2. The fourth-order valence-corrected chi connectivity index (χ4v) is 3.40. The van der Waals surface area contributed by atoms with Crippen LogP contribution in [-0.2, 0) is 6.61 Å². The maximum Gasteiger partial charge on any atom is 0.248 e. The Morgan fingerprint density at radius 2 is 2.00 bits per heavy atom. The molecule has 1 heterocycles. The Hall–Kier alpha value is -3.48. The first-order valence-corrected chi connectivity index (χ1v) is 9.44. The molecule has 2 aromatic carbocycles. The first-order valence-electron chi connectivity index (χ1n) is 9.44. The van der Waals surface area contributed by atoms with Crippen LogP contribution in [0.3, 0.4) is 0 Å². The van der Waals surface area contributed by atoms with Crippen molar-refractivity contribution in [2.75, 3.05) is 5.73 Å². The molecule has 0 atom stereocenters. The minimum absolute atomic E-state index is 0.120. The van der Waals surface area contributed by atoms with Gasteiger partial charge < -0.3 is 16.2 Å². The number of amides is 1. The third kappa shape index (κ3) is 3.89. The van der Waals surface area contributed by atoms with E-state index in [1.165, 1.54) is 12.4 Å². The largest absolute Gasteiger partial charge is 0.486 e. The molecule has 1 aromatic heterocycles. The minimum atomic E-state index is -0.517. The van der Waals surface area contributed by atoms with Crippen LogP contribution in [0.2, 0.25) is 0 Å². The number of aromatic nitrogens is 2. The number of nitrogen functional groups attached to an aromatic ring is 1. The first kappa shape index (κ1) is 18.9. The van der Waals surface area contributed by atoms with Gasteiger partial charge in [0.05, 0.1) is 18.1 Å². The summed E-state index contributed by atoms with van der Waals surface area (Å²) >= 11 is 0. The van der Waals surface area contributed by atoms with Crippen LogP contribution >= 0.6 is 0 Å². The molecule has 4 rings (SSSR count). The first-order chi connectivity index (χ1) is 14.0. The Labute approximate surface area is 167 Å². The fraction of sp³-hybridized carbons (Fsp3) is 0.227. The predicted octanol–water partition coefficient (Wildman–Crippen LogP) is 3.81. The van der Waals surface area contributed by atoms with E-state index in [9.17, 15) is 4.79 Å². The number of ether oxygens (including phenoxy) is 1. The summed E-state index contributed by atoms with van der Waals surface area (Å²) in [6.07, 6.45) is 5.97. The maximum atomic E-state index is 15.5.